The van der Waals surface area contributed by atoms with E-state index >= 15 is 0 Å². The number of ketones is 1. The van der Waals surface area contributed by atoms with Crippen LogP contribution in [-0.2, 0) is 6.18 Å². The lowest BCUT2D eigenvalue weighted by atomic mass is 10.0. The number of carbonyl (C=O) groups is 1. The summed E-state index contributed by atoms with van der Waals surface area (Å²) in [6, 6.07) is 1.99. The summed E-state index contributed by atoms with van der Waals surface area (Å²) in [7, 11) is 0. The van der Waals surface area contributed by atoms with Crippen molar-refractivity contribution in [3.05, 3.63) is 27.7 Å². The van der Waals surface area contributed by atoms with E-state index in [1.54, 1.807) is 0 Å². The molecular formula is C9H6BrF3O2. The predicted octanol–water partition coefficient (Wildman–Crippen LogP) is 3.38. The van der Waals surface area contributed by atoms with E-state index < -0.39 is 33.3 Å². The van der Waals surface area contributed by atoms with Crippen LogP contribution in [0.5, 0.6) is 5.75 Å². The van der Waals surface area contributed by atoms with E-state index in [4.69, 9.17) is 5.11 Å². The zero-order valence-corrected chi connectivity index (χ0v) is 9.11. The fraction of sp³-hybridized carbons (Fsp3) is 0.222. The highest BCUT2D eigenvalue weighted by molar-refractivity contribution is 9.10. The molecule has 0 atom stereocenters. The van der Waals surface area contributed by atoms with E-state index in [2.05, 4.69) is 15.9 Å². The number of phenols is 1. The minimum atomic E-state index is -4.68. The zero-order chi connectivity index (χ0) is 11.8. The Morgan fingerprint density at radius 1 is 1.40 bits per heavy atom. The van der Waals surface area contributed by atoms with Crippen LogP contribution in [0.1, 0.15) is 22.8 Å². The van der Waals surface area contributed by atoms with Crippen LogP contribution in [0.3, 0.4) is 0 Å². The van der Waals surface area contributed by atoms with Crippen molar-refractivity contribution in [2.45, 2.75) is 13.1 Å². The highest BCUT2D eigenvalue weighted by Crippen LogP contribution is 2.41. The molecule has 0 unspecified atom stereocenters. The van der Waals surface area contributed by atoms with Gasteiger partial charge in [0.15, 0.2) is 5.78 Å². The van der Waals surface area contributed by atoms with Gasteiger partial charge in [-0.1, -0.05) is 0 Å². The van der Waals surface area contributed by atoms with Gasteiger partial charge in [0.1, 0.15) is 5.75 Å². The van der Waals surface area contributed by atoms with Gasteiger partial charge in [-0.3, -0.25) is 4.79 Å². The fourth-order valence-electron chi connectivity index (χ4n) is 1.14. The van der Waals surface area contributed by atoms with Crippen LogP contribution in [-0.4, -0.2) is 10.9 Å². The molecule has 0 saturated heterocycles. The highest BCUT2D eigenvalue weighted by atomic mass is 79.9. The average molecular weight is 283 g/mol. The molecule has 0 heterocycles. The van der Waals surface area contributed by atoms with Crippen LogP contribution in [0, 0.1) is 0 Å². The molecule has 0 fully saturated rings. The van der Waals surface area contributed by atoms with Gasteiger partial charge in [-0.15, -0.1) is 0 Å². The summed E-state index contributed by atoms with van der Waals surface area (Å²) in [6.07, 6.45) is -4.68. The van der Waals surface area contributed by atoms with Gasteiger partial charge >= 0.3 is 6.18 Å². The largest absolute Gasteiger partial charge is 0.507 e. The topological polar surface area (TPSA) is 37.3 Å². The molecule has 0 radical (unpaired) electrons. The predicted molar refractivity (Wildman–Crippen MR) is 50.8 cm³/mol. The van der Waals surface area contributed by atoms with Crippen molar-refractivity contribution in [1.82, 2.24) is 0 Å². The Kier molecular flexibility index (Phi) is 3.08. The summed E-state index contributed by atoms with van der Waals surface area (Å²) in [5, 5.41) is 9.11. The molecule has 2 nitrogen and oxygen atoms in total. The second-order valence-corrected chi connectivity index (χ2v) is 3.67. The number of Topliss-reactive ketones (excluding diaryl/α,β-unsaturated/α-hetero) is 1. The Balaban J connectivity index is 3.57. The van der Waals surface area contributed by atoms with Crippen molar-refractivity contribution in [3.8, 4) is 5.75 Å². The molecule has 1 aromatic rings. The second-order valence-electron chi connectivity index (χ2n) is 2.88. The smallest absolute Gasteiger partial charge is 0.418 e. The third-order valence-corrected chi connectivity index (χ3v) is 2.59. The number of halogens is 4. The molecule has 1 rings (SSSR count). The molecule has 1 N–H and O–H groups in total. The standard InChI is InChI=1S/C9H6BrF3O2/c1-4(14)5-2-3-6(15)8(10)7(5)9(11,12)13/h2-3,15H,1H3. The Labute approximate surface area is 91.8 Å². The molecule has 0 spiro atoms. The van der Waals surface area contributed by atoms with E-state index in [0.29, 0.717) is 0 Å². The lowest BCUT2D eigenvalue weighted by Gasteiger charge is -2.13. The summed E-state index contributed by atoms with van der Waals surface area (Å²) in [4.78, 5) is 11.0. The van der Waals surface area contributed by atoms with E-state index in [-0.39, 0.29) is 0 Å². The van der Waals surface area contributed by atoms with Crippen LogP contribution in [0.2, 0.25) is 0 Å². The Bertz CT molecular complexity index is 413. The number of hydrogen-bond acceptors (Lipinski definition) is 2. The van der Waals surface area contributed by atoms with Gasteiger partial charge in [-0.05, 0) is 35.0 Å². The van der Waals surface area contributed by atoms with Crippen molar-refractivity contribution < 1.29 is 23.1 Å². The molecule has 0 aliphatic carbocycles. The van der Waals surface area contributed by atoms with E-state index in [1.165, 1.54) is 0 Å². The summed E-state index contributed by atoms with van der Waals surface area (Å²) >= 11 is 2.61. The first-order valence-electron chi connectivity index (χ1n) is 3.84. The van der Waals surface area contributed by atoms with Gasteiger partial charge in [0.2, 0.25) is 0 Å². The molecule has 0 saturated carbocycles. The van der Waals surface area contributed by atoms with E-state index in [9.17, 15) is 18.0 Å². The SMILES string of the molecule is CC(=O)c1ccc(O)c(Br)c1C(F)(F)F. The van der Waals surface area contributed by atoms with Gasteiger partial charge in [-0.25, -0.2) is 0 Å². The van der Waals surface area contributed by atoms with Crippen LogP contribution >= 0.6 is 15.9 Å². The fourth-order valence-corrected chi connectivity index (χ4v) is 1.71. The molecule has 0 amide bonds. The Morgan fingerprint density at radius 2 is 1.93 bits per heavy atom. The number of rotatable bonds is 1. The van der Waals surface area contributed by atoms with Crippen molar-refractivity contribution in [2.24, 2.45) is 0 Å². The van der Waals surface area contributed by atoms with Gasteiger partial charge in [0, 0.05) is 5.56 Å². The van der Waals surface area contributed by atoms with Gasteiger partial charge in [-0.2, -0.15) is 13.2 Å². The van der Waals surface area contributed by atoms with Crippen LogP contribution in [0.4, 0.5) is 13.2 Å². The maximum atomic E-state index is 12.6. The van der Waals surface area contributed by atoms with Crippen LogP contribution in [0.25, 0.3) is 0 Å². The number of aromatic hydroxyl groups is 1. The average Bonchev–Trinajstić information content (AvgIpc) is 2.06. The lowest BCUT2D eigenvalue weighted by Crippen LogP contribution is -2.12. The first-order chi connectivity index (χ1) is 6.75. The first-order valence-corrected chi connectivity index (χ1v) is 4.64. The van der Waals surface area contributed by atoms with E-state index in [0.717, 1.165) is 19.1 Å². The Morgan fingerprint density at radius 3 is 2.33 bits per heavy atom. The molecule has 0 aromatic heterocycles. The highest BCUT2D eigenvalue weighted by Gasteiger charge is 2.37. The zero-order valence-electron chi connectivity index (χ0n) is 7.52. The summed E-state index contributed by atoms with van der Waals surface area (Å²) < 4.78 is 37.2. The van der Waals surface area contributed by atoms with Gasteiger partial charge < -0.3 is 5.11 Å². The minimum Gasteiger partial charge on any atom is -0.507 e. The number of carbonyl (C=O) groups excluding carboxylic acids is 1. The lowest BCUT2D eigenvalue weighted by molar-refractivity contribution is -0.138. The van der Waals surface area contributed by atoms with Crippen molar-refractivity contribution in [3.63, 3.8) is 0 Å². The normalized spacial score (nSPS) is 11.5. The molecule has 6 heteroatoms. The molecule has 1 aromatic carbocycles. The number of benzene rings is 1. The quantitative estimate of drug-likeness (QED) is 0.802. The summed E-state index contributed by atoms with van der Waals surface area (Å²) in [5.41, 5.74) is -1.61. The summed E-state index contributed by atoms with van der Waals surface area (Å²) in [5.74, 6) is -1.25. The van der Waals surface area contributed by atoms with E-state index in [1.807, 2.05) is 0 Å². The third-order valence-electron chi connectivity index (χ3n) is 1.78. The Hall–Kier alpha value is -1.04. The molecule has 0 bridgehead atoms. The molecule has 15 heavy (non-hydrogen) atoms. The summed E-state index contributed by atoms with van der Waals surface area (Å²) in [6.45, 7) is 1.04. The molecule has 0 aliphatic heterocycles. The minimum absolute atomic E-state index is 0.466. The van der Waals surface area contributed by atoms with Gasteiger partial charge in [0.05, 0.1) is 10.0 Å². The maximum absolute atomic E-state index is 12.6. The monoisotopic (exact) mass is 282 g/mol. The molecule has 0 aliphatic rings. The second kappa shape index (κ2) is 3.84. The number of hydrogen-bond donors (Lipinski definition) is 1. The van der Waals surface area contributed by atoms with Gasteiger partial charge in [0.25, 0.3) is 0 Å². The van der Waals surface area contributed by atoms with Crippen molar-refractivity contribution in [2.75, 3.05) is 0 Å². The number of phenolic OH excluding ortho intramolecular Hbond substituents is 1. The van der Waals surface area contributed by atoms with Crippen LogP contribution < -0.4 is 0 Å². The molecule has 82 valence electrons. The van der Waals surface area contributed by atoms with Crippen molar-refractivity contribution >= 4 is 21.7 Å². The third kappa shape index (κ3) is 2.31. The first kappa shape index (κ1) is 12.0. The maximum Gasteiger partial charge on any atom is 0.418 e. The molecular weight excluding hydrogens is 277 g/mol. The van der Waals surface area contributed by atoms with Crippen LogP contribution in [0.15, 0.2) is 16.6 Å². The number of alkyl halides is 3. The van der Waals surface area contributed by atoms with Crippen molar-refractivity contribution in [1.29, 1.82) is 0 Å².